The number of rotatable bonds is 4. The minimum Gasteiger partial charge on any atom is -0.444 e. The molecule has 0 aliphatic carbocycles. The Balaban J connectivity index is 1.69. The number of nitrogens with zero attached hydrogens (tertiary/aromatic N) is 1. The summed E-state index contributed by atoms with van der Waals surface area (Å²) in [5.41, 5.74) is 1.03. The summed E-state index contributed by atoms with van der Waals surface area (Å²) in [5, 5.41) is 3.96. The summed E-state index contributed by atoms with van der Waals surface area (Å²) in [6, 6.07) is 10.9. The fourth-order valence-electron chi connectivity index (χ4n) is 1.87. The fourth-order valence-corrected chi connectivity index (χ4v) is 3.21. The molecule has 0 saturated heterocycles. The van der Waals surface area contributed by atoms with Crippen molar-refractivity contribution >= 4 is 49.9 Å². The van der Waals surface area contributed by atoms with E-state index in [4.69, 9.17) is 16.0 Å². The molecule has 22 heavy (non-hydrogen) atoms. The molecule has 112 valence electrons. The molecule has 0 saturated carbocycles. The Morgan fingerprint density at radius 3 is 2.86 bits per heavy atom. The molecule has 7 heteroatoms. The molecular formula is C15H10BrClN2O2S. The number of thiazole rings is 1. The van der Waals surface area contributed by atoms with E-state index in [0.717, 1.165) is 15.5 Å². The van der Waals surface area contributed by atoms with Crippen molar-refractivity contribution in [3.8, 4) is 0 Å². The third-order valence-electron chi connectivity index (χ3n) is 2.89. The van der Waals surface area contributed by atoms with Gasteiger partial charge in [-0.15, -0.1) is 11.3 Å². The van der Waals surface area contributed by atoms with Gasteiger partial charge in [-0.25, -0.2) is 4.98 Å². The molecular weight excluding hydrogens is 388 g/mol. The van der Waals surface area contributed by atoms with E-state index in [0.29, 0.717) is 16.2 Å². The predicted octanol–water partition coefficient (Wildman–Crippen LogP) is 5.00. The van der Waals surface area contributed by atoms with E-state index in [1.165, 1.54) is 11.3 Å². The molecule has 4 nitrogen and oxygen atoms in total. The number of halogens is 2. The van der Waals surface area contributed by atoms with Crippen LogP contribution in [-0.4, -0.2) is 10.9 Å². The molecule has 1 N–H and O–H groups in total. The molecule has 0 aliphatic rings. The van der Waals surface area contributed by atoms with Crippen molar-refractivity contribution in [3.63, 3.8) is 0 Å². The number of amides is 1. The van der Waals surface area contributed by atoms with Crippen LogP contribution in [-0.2, 0) is 6.42 Å². The zero-order chi connectivity index (χ0) is 15.5. The maximum atomic E-state index is 12.0. The molecule has 1 aromatic carbocycles. The molecule has 0 unspecified atom stereocenters. The minimum absolute atomic E-state index is 0.231. The Morgan fingerprint density at radius 2 is 2.14 bits per heavy atom. The normalized spacial score (nSPS) is 10.6. The van der Waals surface area contributed by atoms with E-state index in [1.807, 2.05) is 24.3 Å². The van der Waals surface area contributed by atoms with Crippen molar-refractivity contribution in [2.75, 3.05) is 5.32 Å². The number of benzene rings is 1. The van der Waals surface area contributed by atoms with Crippen LogP contribution < -0.4 is 5.32 Å². The highest BCUT2D eigenvalue weighted by Gasteiger charge is 2.13. The van der Waals surface area contributed by atoms with Crippen LogP contribution in [0.5, 0.6) is 0 Å². The Labute approximate surface area is 144 Å². The average molecular weight is 398 g/mol. The Hall–Kier alpha value is -1.63. The summed E-state index contributed by atoms with van der Waals surface area (Å²) < 4.78 is 5.71. The Kier molecular flexibility index (Phi) is 4.61. The van der Waals surface area contributed by atoms with Crippen LogP contribution in [0.4, 0.5) is 5.13 Å². The van der Waals surface area contributed by atoms with E-state index in [9.17, 15) is 4.79 Å². The Morgan fingerprint density at radius 1 is 1.32 bits per heavy atom. The molecule has 0 spiro atoms. The summed E-state index contributed by atoms with van der Waals surface area (Å²) in [6.45, 7) is 0. The minimum atomic E-state index is -0.329. The first kappa shape index (κ1) is 15.3. The summed E-state index contributed by atoms with van der Waals surface area (Å²) in [5.74, 6) is -0.0981. The van der Waals surface area contributed by atoms with E-state index in [-0.39, 0.29) is 11.7 Å². The van der Waals surface area contributed by atoms with Crippen LogP contribution in [0.15, 0.2) is 51.7 Å². The van der Waals surface area contributed by atoms with Crippen molar-refractivity contribution in [2.45, 2.75) is 6.42 Å². The van der Waals surface area contributed by atoms with Crippen molar-refractivity contribution in [1.29, 1.82) is 0 Å². The molecule has 0 fully saturated rings. The van der Waals surface area contributed by atoms with Crippen LogP contribution in [0.25, 0.3) is 0 Å². The molecule has 1 amide bonds. The molecule has 0 bridgehead atoms. The second kappa shape index (κ2) is 6.64. The van der Waals surface area contributed by atoms with Crippen molar-refractivity contribution in [3.05, 3.63) is 68.5 Å². The Bertz CT molecular complexity index is 815. The number of aromatic nitrogens is 1. The monoisotopic (exact) mass is 396 g/mol. The molecule has 3 rings (SSSR count). The maximum Gasteiger partial charge on any atom is 0.293 e. The second-order valence-corrected chi connectivity index (χ2v) is 6.76. The van der Waals surface area contributed by atoms with Gasteiger partial charge in [0, 0.05) is 22.5 Å². The third kappa shape index (κ3) is 3.58. The summed E-state index contributed by atoms with van der Waals surface area (Å²) in [7, 11) is 0. The van der Waals surface area contributed by atoms with Gasteiger partial charge < -0.3 is 4.42 Å². The van der Waals surface area contributed by atoms with Crippen LogP contribution in [0.1, 0.15) is 21.0 Å². The van der Waals surface area contributed by atoms with Gasteiger partial charge in [0.2, 0.25) is 0 Å². The SMILES string of the molecule is O=C(Nc1ncc(Cc2ccccc2Cl)s1)c1ccc(Br)o1. The number of hydrogen-bond acceptors (Lipinski definition) is 4. The van der Waals surface area contributed by atoms with Gasteiger partial charge in [-0.2, -0.15) is 0 Å². The summed E-state index contributed by atoms with van der Waals surface area (Å²) in [6.07, 6.45) is 2.42. The standard InChI is InChI=1S/C15H10BrClN2O2S/c16-13-6-5-12(21-13)14(20)19-15-18-8-10(22-15)7-9-3-1-2-4-11(9)17/h1-6,8H,7H2,(H,18,19,20). The number of furan rings is 1. The number of anilines is 1. The highest BCUT2D eigenvalue weighted by molar-refractivity contribution is 9.10. The lowest BCUT2D eigenvalue weighted by Crippen LogP contribution is -2.10. The summed E-state index contributed by atoms with van der Waals surface area (Å²) in [4.78, 5) is 17.2. The van der Waals surface area contributed by atoms with E-state index < -0.39 is 0 Å². The lowest BCUT2D eigenvalue weighted by atomic mass is 10.1. The van der Waals surface area contributed by atoms with Crippen molar-refractivity contribution < 1.29 is 9.21 Å². The van der Waals surface area contributed by atoms with Gasteiger partial charge in [-0.3, -0.25) is 10.1 Å². The highest BCUT2D eigenvalue weighted by atomic mass is 79.9. The van der Waals surface area contributed by atoms with Crippen molar-refractivity contribution in [2.24, 2.45) is 0 Å². The van der Waals surface area contributed by atoms with Crippen LogP contribution in [0.3, 0.4) is 0 Å². The molecule has 0 atom stereocenters. The molecule has 2 aromatic heterocycles. The highest BCUT2D eigenvalue weighted by Crippen LogP contribution is 2.25. The van der Waals surface area contributed by atoms with Crippen LogP contribution in [0.2, 0.25) is 5.02 Å². The molecule has 2 heterocycles. The largest absolute Gasteiger partial charge is 0.444 e. The van der Waals surface area contributed by atoms with Crippen molar-refractivity contribution in [1.82, 2.24) is 4.98 Å². The number of carbonyl (C=O) groups excluding carboxylic acids is 1. The molecule has 0 aliphatic heterocycles. The van der Waals surface area contributed by atoms with Crippen LogP contribution >= 0.6 is 38.9 Å². The van der Waals surface area contributed by atoms with Gasteiger partial charge in [0.1, 0.15) is 0 Å². The fraction of sp³-hybridized carbons (Fsp3) is 0.0667. The summed E-state index contributed by atoms with van der Waals surface area (Å²) >= 11 is 10.7. The van der Waals surface area contributed by atoms with Gasteiger partial charge >= 0.3 is 0 Å². The first-order valence-corrected chi connectivity index (χ1v) is 8.35. The number of nitrogens with one attached hydrogen (secondary N) is 1. The van der Waals surface area contributed by atoms with Gasteiger partial charge in [0.25, 0.3) is 5.91 Å². The lowest BCUT2D eigenvalue weighted by molar-refractivity contribution is 0.0995. The van der Waals surface area contributed by atoms with Gasteiger partial charge in [0.15, 0.2) is 15.6 Å². The number of hydrogen-bond donors (Lipinski definition) is 1. The predicted molar refractivity (Wildman–Crippen MR) is 90.7 cm³/mol. The van der Waals surface area contributed by atoms with Crippen LogP contribution in [0, 0.1) is 0 Å². The second-order valence-electron chi connectivity index (χ2n) is 4.46. The quantitative estimate of drug-likeness (QED) is 0.674. The number of carbonyl (C=O) groups is 1. The lowest BCUT2D eigenvalue weighted by Gasteiger charge is -2.00. The van der Waals surface area contributed by atoms with Gasteiger partial charge in [-0.1, -0.05) is 29.8 Å². The van der Waals surface area contributed by atoms with Gasteiger partial charge in [0.05, 0.1) is 0 Å². The maximum absolute atomic E-state index is 12.0. The average Bonchev–Trinajstić information content (AvgIpc) is 3.11. The van der Waals surface area contributed by atoms with E-state index >= 15 is 0 Å². The van der Waals surface area contributed by atoms with E-state index in [2.05, 4.69) is 26.2 Å². The first-order chi connectivity index (χ1) is 10.6. The smallest absolute Gasteiger partial charge is 0.293 e. The first-order valence-electron chi connectivity index (χ1n) is 6.36. The molecule has 0 radical (unpaired) electrons. The zero-order valence-electron chi connectivity index (χ0n) is 11.2. The molecule has 3 aromatic rings. The third-order valence-corrected chi connectivity index (χ3v) is 4.60. The zero-order valence-corrected chi connectivity index (χ0v) is 14.3. The van der Waals surface area contributed by atoms with Gasteiger partial charge in [-0.05, 0) is 39.7 Å². The topological polar surface area (TPSA) is 55.1 Å². The van der Waals surface area contributed by atoms with E-state index in [1.54, 1.807) is 18.3 Å².